The second-order valence-electron chi connectivity index (χ2n) is 5.69. The number of carboxylic acids is 1. The number of carbonyl (C=O) groups is 1. The van der Waals surface area contributed by atoms with Crippen LogP contribution in [0.15, 0.2) is 23.0 Å². The van der Waals surface area contributed by atoms with E-state index in [2.05, 4.69) is 9.88 Å². The van der Waals surface area contributed by atoms with Gasteiger partial charge in [0.1, 0.15) is 0 Å². The van der Waals surface area contributed by atoms with E-state index in [-0.39, 0.29) is 17.3 Å². The standard InChI is InChI=1S/C15H19N3O3/c1-10(9-17-6-2-3-7-17)18-13-8-11(14(19)20)4-5-12(13)16-15(18)21/h4-5,8,10H,2-3,6-7,9H2,1H3,(H,16,21)(H,19,20). The predicted octanol–water partition coefficient (Wildman–Crippen LogP) is 1.68. The molecule has 3 rings (SSSR count). The average molecular weight is 289 g/mol. The predicted molar refractivity (Wildman–Crippen MR) is 79.9 cm³/mol. The van der Waals surface area contributed by atoms with Crippen LogP contribution < -0.4 is 5.69 Å². The highest BCUT2D eigenvalue weighted by Crippen LogP contribution is 2.19. The Morgan fingerprint density at radius 2 is 2.10 bits per heavy atom. The van der Waals surface area contributed by atoms with Gasteiger partial charge in [-0.15, -0.1) is 0 Å². The van der Waals surface area contributed by atoms with E-state index < -0.39 is 5.97 Å². The van der Waals surface area contributed by atoms with Gasteiger partial charge in [0, 0.05) is 12.6 Å². The van der Waals surface area contributed by atoms with Crippen molar-refractivity contribution in [1.29, 1.82) is 0 Å². The monoisotopic (exact) mass is 289 g/mol. The molecular weight excluding hydrogens is 270 g/mol. The molecule has 0 spiro atoms. The van der Waals surface area contributed by atoms with Crippen LogP contribution in [0.25, 0.3) is 11.0 Å². The van der Waals surface area contributed by atoms with Crippen LogP contribution in [0.5, 0.6) is 0 Å². The van der Waals surface area contributed by atoms with Crippen molar-refractivity contribution < 1.29 is 9.90 Å². The minimum Gasteiger partial charge on any atom is -0.478 e. The van der Waals surface area contributed by atoms with E-state index in [1.165, 1.54) is 18.9 Å². The minimum atomic E-state index is -0.982. The maximum atomic E-state index is 12.2. The van der Waals surface area contributed by atoms with Gasteiger partial charge in [0.15, 0.2) is 0 Å². The molecule has 1 atom stereocenters. The number of rotatable bonds is 4. The molecule has 0 aliphatic carbocycles. The van der Waals surface area contributed by atoms with Crippen LogP contribution in [0.4, 0.5) is 0 Å². The number of nitrogens with zero attached hydrogens (tertiary/aromatic N) is 2. The molecule has 1 aromatic carbocycles. The van der Waals surface area contributed by atoms with Crippen molar-refractivity contribution in [1.82, 2.24) is 14.5 Å². The lowest BCUT2D eigenvalue weighted by molar-refractivity contribution is 0.0697. The normalized spacial score (nSPS) is 17.4. The number of aromatic carboxylic acids is 1. The van der Waals surface area contributed by atoms with Crippen LogP contribution >= 0.6 is 0 Å². The minimum absolute atomic E-state index is 0.00777. The number of likely N-dealkylation sites (tertiary alicyclic amines) is 1. The average Bonchev–Trinajstić information content (AvgIpc) is 3.03. The van der Waals surface area contributed by atoms with Gasteiger partial charge in [0.05, 0.1) is 16.6 Å². The van der Waals surface area contributed by atoms with Gasteiger partial charge >= 0.3 is 11.7 Å². The van der Waals surface area contributed by atoms with Gasteiger partial charge < -0.3 is 15.0 Å². The Morgan fingerprint density at radius 3 is 2.76 bits per heavy atom. The molecule has 21 heavy (non-hydrogen) atoms. The third kappa shape index (κ3) is 2.58. The van der Waals surface area contributed by atoms with Gasteiger partial charge in [0.2, 0.25) is 0 Å². The molecule has 0 saturated carbocycles. The number of hydrogen-bond donors (Lipinski definition) is 2. The van der Waals surface area contributed by atoms with Crippen molar-refractivity contribution >= 4 is 17.0 Å². The molecular formula is C15H19N3O3. The molecule has 1 fully saturated rings. The van der Waals surface area contributed by atoms with Gasteiger partial charge in [-0.05, 0) is 51.1 Å². The van der Waals surface area contributed by atoms with Crippen molar-refractivity contribution in [3.63, 3.8) is 0 Å². The van der Waals surface area contributed by atoms with Crippen molar-refractivity contribution in [2.75, 3.05) is 19.6 Å². The Balaban J connectivity index is 1.99. The zero-order valence-corrected chi connectivity index (χ0v) is 12.0. The highest BCUT2D eigenvalue weighted by Gasteiger charge is 2.19. The van der Waals surface area contributed by atoms with E-state index in [0.29, 0.717) is 11.0 Å². The van der Waals surface area contributed by atoms with E-state index in [1.807, 2.05) is 6.92 Å². The summed E-state index contributed by atoms with van der Waals surface area (Å²) in [6.45, 7) is 4.95. The molecule has 0 bridgehead atoms. The van der Waals surface area contributed by atoms with Crippen LogP contribution in [0, 0.1) is 0 Å². The summed E-state index contributed by atoms with van der Waals surface area (Å²) < 4.78 is 1.67. The summed E-state index contributed by atoms with van der Waals surface area (Å²) in [7, 11) is 0. The number of fused-ring (bicyclic) bond motifs is 1. The van der Waals surface area contributed by atoms with Gasteiger partial charge in [-0.2, -0.15) is 0 Å². The Bertz CT molecular complexity index is 725. The van der Waals surface area contributed by atoms with Crippen molar-refractivity contribution in [2.24, 2.45) is 0 Å². The van der Waals surface area contributed by atoms with Gasteiger partial charge in [-0.3, -0.25) is 4.57 Å². The fourth-order valence-corrected chi connectivity index (χ4v) is 3.11. The number of H-pyrrole nitrogens is 1. The maximum absolute atomic E-state index is 12.2. The smallest absolute Gasteiger partial charge is 0.335 e. The van der Waals surface area contributed by atoms with Crippen molar-refractivity contribution in [3.05, 3.63) is 34.2 Å². The quantitative estimate of drug-likeness (QED) is 0.897. The second-order valence-corrected chi connectivity index (χ2v) is 5.69. The SMILES string of the molecule is CC(CN1CCCC1)n1c(=O)[nH]c2ccc(C(=O)O)cc21. The van der Waals surface area contributed by atoms with Crippen molar-refractivity contribution in [3.8, 4) is 0 Å². The molecule has 1 unspecified atom stereocenters. The number of carboxylic acid groups (broad SMARTS) is 1. The molecule has 112 valence electrons. The fourth-order valence-electron chi connectivity index (χ4n) is 3.11. The number of nitrogens with one attached hydrogen (secondary N) is 1. The van der Waals surface area contributed by atoms with Crippen LogP contribution in [0.3, 0.4) is 0 Å². The summed E-state index contributed by atoms with van der Waals surface area (Å²) in [6.07, 6.45) is 2.41. The van der Waals surface area contributed by atoms with Crippen LogP contribution in [0.1, 0.15) is 36.2 Å². The van der Waals surface area contributed by atoms with E-state index in [0.717, 1.165) is 19.6 Å². The van der Waals surface area contributed by atoms with E-state index in [4.69, 9.17) is 5.11 Å². The Morgan fingerprint density at radius 1 is 1.38 bits per heavy atom. The van der Waals surface area contributed by atoms with Gasteiger partial charge in [-0.1, -0.05) is 0 Å². The van der Waals surface area contributed by atoms with Crippen LogP contribution in [0.2, 0.25) is 0 Å². The molecule has 2 N–H and O–H groups in total. The largest absolute Gasteiger partial charge is 0.478 e. The highest BCUT2D eigenvalue weighted by molar-refractivity contribution is 5.92. The maximum Gasteiger partial charge on any atom is 0.335 e. The fraction of sp³-hybridized carbons (Fsp3) is 0.467. The summed E-state index contributed by atoms with van der Waals surface area (Å²) in [5.74, 6) is -0.982. The van der Waals surface area contributed by atoms with Crippen LogP contribution in [-0.4, -0.2) is 45.2 Å². The third-order valence-corrected chi connectivity index (χ3v) is 4.13. The lowest BCUT2D eigenvalue weighted by Crippen LogP contribution is -2.31. The third-order valence-electron chi connectivity index (χ3n) is 4.13. The molecule has 1 aromatic heterocycles. The Hall–Kier alpha value is -2.08. The summed E-state index contributed by atoms with van der Waals surface area (Å²) in [6, 6.07) is 4.74. The van der Waals surface area contributed by atoms with E-state index in [1.54, 1.807) is 16.7 Å². The summed E-state index contributed by atoms with van der Waals surface area (Å²) in [4.78, 5) is 28.4. The molecule has 2 aromatic rings. The number of hydrogen-bond acceptors (Lipinski definition) is 3. The molecule has 6 heteroatoms. The first-order chi connectivity index (χ1) is 10.1. The van der Waals surface area contributed by atoms with E-state index in [9.17, 15) is 9.59 Å². The first-order valence-electron chi connectivity index (χ1n) is 7.26. The molecule has 1 aliphatic rings. The Labute approximate surface area is 122 Å². The summed E-state index contributed by atoms with van der Waals surface area (Å²) in [5.41, 5.74) is 1.35. The molecule has 0 amide bonds. The van der Waals surface area contributed by atoms with Gasteiger partial charge in [0.25, 0.3) is 0 Å². The van der Waals surface area contributed by atoms with Gasteiger partial charge in [-0.25, -0.2) is 9.59 Å². The lowest BCUT2D eigenvalue weighted by Gasteiger charge is -2.21. The lowest BCUT2D eigenvalue weighted by atomic mass is 10.2. The summed E-state index contributed by atoms with van der Waals surface area (Å²) in [5, 5.41) is 9.10. The summed E-state index contributed by atoms with van der Waals surface area (Å²) >= 11 is 0. The highest BCUT2D eigenvalue weighted by atomic mass is 16.4. The second kappa shape index (κ2) is 5.37. The first-order valence-corrected chi connectivity index (χ1v) is 7.26. The number of aromatic nitrogens is 2. The molecule has 0 radical (unpaired) electrons. The number of imidazole rings is 1. The van der Waals surface area contributed by atoms with E-state index >= 15 is 0 Å². The Kier molecular flexibility index (Phi) is 3.55. The first kappa shape index (κ1) is 13.9. The zero-order valence-electron chi connectivity index (χ0n) is 12.0. The molecule has 2 heterocycles. The topological polar surface area (TPSA) is 78.3 Å². The zero-order chi connectivity index (χ0) is 15.0. The molecule has 1 aliphatic heterocycles. The molecule has 6 nitrogen and oxygen atoms in total. The van der Waals surface area contributed by atoms with Crippen molar-refractivity contribution in [2.45, 2.75) is 25.8 Å². The number of benzene rings is 1. The van der Waals surface area contributed by atoms with Crippen LogP contribution in [-0.2, 0) is 0 Å². The molecule has 1 saturated heterocycles. The number of aromatic amines is 1.